The summed E-state index contributed by atoms with van der Waals surface area (Å²) in [5.41, 5.74) is 3.94. The van der Waals surface area contributed by atoms with Gasteiger partial charge in [-0.15, -0.1) is 0 Å². The van der Waals surface area contributed by atoms with E-state index in [4.69, 9.17) is 15.2 Å². The van der Waals surface area contributed by atoms with Crippen LogP contribution in [0.5, 0.6) is 11.5 Å². The van der Waals surface area contributed by atoms with Gasteiger partial charge in [0, 0.05) is 19.2 Å². The van der Waals surface area contributed by atoms with Gasteiger partial charge in [-0.25, -0.2) is 0 Å². The summed E-state index contributed by atoms with van der Waals surface area (Å²) in [6, 6.07) is 5.99. The summed E-state index contributed by atoms with van der Waals surface area (Å²) in [7, 11) is 3.01. The highest BCUT2D eigenvalue weighted by Crippen LogP contribution is 2.28. The molecule has 0 saturated carbocycles. The first kappa shape index (κ1) is 22.4. The molecule has 0 radical (unpaired) electrons. The molecule has 0 aliphatic rings. The molecule has 0 spiro atoms. The zero-order valence-corrected chi connectivity index (χ0v) is 16.8. The molecule has 0 bridgehead atoms. The van der Waals surface area contributed by atoms with Crippen molar-refractivity contribution in [3.05, 3.63) is 62.1 Å². The number of primary amides is 1. The molecule has 0 atom stereocenters. The molecule has 2 amide bonds. The lowest BCUT2D eigenvalue weighted by Gasteiger charge is -2.22. The minimum atomic E-state index is -1.11. The van der Waals surface area contributed by atoms with Gasteiger partial charge in [0.05, 0.1) is 25.3 Å². The van der Waals surface area contributed by atoms with Crippen LogP contribution in [0.15, 0.2) is 35.3 Å². The Kier molecular flexibility index (Phi) is 7.13. The minimum Gasteiger partial charge on any atom is -0.493 e. The molecule has 11 nitrogen and oxygen atoms in total. The second-order valence-electron chi connectivity index (χ2n) is 6.26. The predicted octanol–water partition coefficient (Wildman–Crippen LogP) is 0.921. The number of hydrogen-bond donors (Lipinski definition) is 1. The maximum Gasteiger partial charge on any atom is 0.286 e. The molecular formula is C19H22N4O7. The molecule has 0 aliphatic heterocycles. The van der Waals surface area contributed by atoms with Crippen molar-refractivity contribution in [1.29, 1.82) is 0 Å². The van der Waals surface area contributed by atoms with Gasteiger partial charge in [0.2, 0.25) is 5.91 Å². The number of benzene rings is 1. The molecule has 11 heteroatoms. The molecule has 1 heterocycles. The Hall–Kier alpha value is -3.89. The largest absolute Gasteiger partial charge is 0.493 e. The molecule has 2 aromatic rings. The summed E-state index contributed by atoms with van der Waals surface area (Å²) < 4.78 is 11.3. The van der Waals surface area contributed by atoms with Crippen molar-refractivity contribution in [2.24, 2.45) is 5.73 Å². The molecule has 0 aliphatic carbocycles. The fourth-order valence-electron chi connectivity index (χ4n) is 2.84. The van der Waals surface area contributed by atoms with Crippen molar-refractivity contribution in [3.8, 4) is 11.5 Å². The number of likely N-dealkylation sites (N-methyl/N-ethyl adjacent to an activating group) is 1. The van der Waals surface area contributed by atoms with Gasteiger partial charge in [-0.2, -0.15) is 0 Å². The summed E-state index contributed by atoms with van der Waals surface area (Å²) in [6.07, 6.45) is 0.914. The lowest BCUT2D eigenvalue weighted by molar-refractivity contribution is -0.385. The quantitative estimate of drug-likeness (QED) is 0.470. The van der Waals surface area contributed by atoms with Crippen LogP contribution in [0.25, 0.3) is 0 Å². The summed E-state index contributed by atoms with van der Waals surface area (Å²) in [4.78, 5) is 48.4. The van der Waals surface area contributed by atoms with Crippen molar-refractivity contribution >= 4 is 17.5 Å². The second-order valence-corrected chi connectivity index (χ2v) is 6.26. The van der Waals surface area contributed by atoms with E-state index in [-0.39, 0.29) is 6.54 Å². The van der Waals surface area contributed by atoms with Gasteiger partial charge in [-0.1, -0.05) is 6.07 Å². The van der Waals surface area contributed by atoms with Crippen LogP contribution in [-0.4, -0.2) is 47.0 Å². The van der Waals surface area contributed by atoms with Crippen molar-refractivity contribution < 1.29 is 24.0 Å². The second kappa shape index (κ2) is 9.54. The van der Waals surface area contributed by atoms with Crippen LogP contribution in [0.2, 0.25) is 0 Å². The summed E-state index contributed by atoms with van der Waals surface area (Å²) >= 11 is 0. The van der Waals surface area contributed by atoms with Gasteiger partial charge in [0.1, 0.15) is 12.1 Å². The van der Waals surface area contributed by atoms with Gasteiger partial charge in [-0.3, -0.25) is 29.1 Å². The number of hydrogen-bond acceptors (Lipinski definition) is 7. The van der Waals surface area contributed by atoms with E-state index in [0.717, 1.165) is 22.4 Å². The maximum absolute atomic E-state index is 12.8. The van der Waals surface area contributed by atoms with Crippen LogP contribution >= 0.6 is 0 Å². The lowest BCUT2D eigenvalue weighted by Crippen LogP contribution is -2.37. The van der Waals surface area contributed by atoms with Crippen molar-refractivity contribution in [3.63, 3.8) is 0 Å². The van der Waals surface area contributed by atoms with Gasteiger partial charge >= 0.3 is 0 Å². The predicted molar refractivity (Wildman–Crippen MR) is 107 cm³/mol. The van der Waals surface area contributed by atoms with Crippen LogP contribution in [-0.2, 0) is 17.9 Å². The Morgan fingerprint density at radius 2 is 1.87 bits per heavy atom. The van der Waals surface area contributed by atoms with E-state index < -0.39 is 40.1 Å². The first-order valence-corrected chi connectivity index (χ1v) is 8.89. The highest BCUT2D eigenvalue weighted by atomic mass is 16.6. The number of rotatable bonds is 9. The van der Waals surface area contributed by atoms with Crippen LogP contribution in [0.1, 0.15) is 22.8 Å². The van der Waals surface area contributed by atoms with Crippen LogP contribution in [0, 0.1) is 10.1 Å². The zero-order valence-electron chi connectivity index (χ0n) is 16.8. The highest BCUT2D eigenvalue weighted by molar-refractivity contribution is 5.93. The maximum atomic E-state index is 12.8. The molecule has 1 aromatic heterocycles. The van der Waals surface area contributed by atoms with Crippen LogP contribution < -0.4 is 20.8 Å². The zero-order chi connectivity index (χ0) is 22.4. The SMILES string of the molecule is CCN(Cc1ccc(OC)c(OC)c1)C(=O)Cn1cc([N+](=O)[O-])cc(C(N)=O)c1=O. The molecule has 1 aromatic carbocycles. The third-order valence-corrected chi connectivity index (χ3v) is 4.41. The smallest absolute Gasteiger partial charge is 0.286 e. The van der Waals surface area contributed by atoms with E-state index in [1.54, 1.807) is 25.1 Å². The number of aromatic nitrogens is 1. The number of amides is 2. The molecule has 2 rings (SSSR count). The van der Waals surface area contributed by atoms with E-state index in [1.165, 1.54) is 19.1 Å². The first-order chi connectivity index (χ1) is 14.2. The fourth-order valence-corrected chi connectivity index (χ4v) is 2.84. The Morgan fingerprint density at radius 3 is 2.40 bits per heavy atom. The van der Waals surface area contributed by atoms with E-state index in [1.807, 2.05) is 0 Å². The van der Waals surface area contributed by atoms with Crippen LogP contribution in [0.4, 0.5) is 5.69 Å². The standard InChI is InChI=1S/C19H22N4O7/c1-4-21(9-12-5-6-15(29-2)16(7-12)30-3)17(24)11-22-10-13(23(27)28)8-14(18(20)25)19(22)26/h5-8,10H,4,9,11H2,1-3H3,(H2,20,25). The third-order valence-electron chi connectivity index (χ3n) is 4.41. The summed E-state index contributed by atoms with van der Waals surface area (Å²) in [5.74, 6) is -0.537. The minimum absolute atomic E-state index is 0.210. The van der Waals surface area contributed by atoms with Gasteiger partial charge in [0.25, 0.3) is 17.2 Å². The average Bonchev–Trinajstić information content (AvgIpc) is 2.72. The fraction of sp³-hybridized carbons (Fsp3) is 0.316. The Labute approximate surface area is 171 Å². The third kappa shape index (κ3) is 4.93. The molecule has 2 N–H and O–H groups in total. The normalized spacial score (nSPS) is 10.4. The molecule has 30 heavy (non-hydrogen) atoms. The number of nitrogens with zero attached hydrogens (tertiary/aromatic N) is 3. The number of nitro groups is 1. The van der Waals surface area contributed by atoms with Crippen molar-refractivity contribution in [2.45, 2.75) is 20.0 Å². The number of methoxy groups -OCH3 is 2. The highest BCUT2D eigenvalue weighted by Gasteiger charge is 2.21. The van der Waals surface area contributed by atoms with Crippen molar-refractivity contribution in [1.82, 2.24) is 9.47 Å². The monoisotopic (exact) mass is 418 g/mol. The number of pyridine rings is 1. The Balaban J connectivity index is 2.30. The van der Waals surface area contributed by atoms with Gasteiger partial charge in [-0.05, 0) is 24.6 Å². The number of nitrogens with two attached hydrogens (primary N) is 1. The van der Waals surface area contributed by atoms with E-state index in [2.05, 4.69) is 0 Å². The van der Waals surface area contributed by atoms with Gasteiger partial charge < -0.3 is 20.1 Å². The molecule has 0 fully saturated rings. The first-order valence-electron chi connectivity index (χ1n) is 8.89. The summed E-state index contributed by atoms with van der Waals surface area (Å²) in [5, 5.41) is 11.1. The lowest BCUT2D eigenvalue weighted by atomic mass is 10.2. The number of carbonyl (C=O) groups is 2. The van der Waals surface area contributed by atoms with E-state index in [9.17, 15) is 24.5 Å². The van der Waals surface area contributed by atoms with Gasteiger partial charge in [0.15, 0.2) is 11.5 Å². The number of ether oxygens (including phenoxy) is 2. The topological polar surface area (TPSA) is 147 Å². The molecule has 0 saturated heterocycles. The van der Waals surface area contributed by atoms with E-state index >= 15 is 0 Å². The molecule has 0 unspecified atom stereocenters. The average molecular weight is 418 g/mol. The molecular weight excluding hydrogens is 396 g/mol. The van der Waals surface area contributed by atoms with Crippen LogP contribution in [0.3, 0.4) is 0 Å². The molecule has 160 valence electrons. The van der Waals surface area contributed by atoms with E-state index in [0.29, 0.717) is 18.0 Å². The Bertz CT molecular complexity index is 1030. The number of carbonyl (C=O) groups excluding carboxylic acids is 2. The Morgan fingerprint density at radius 1 is 1.20 bits per heavy atom. The summed E-state index contributed by atoms with van der Waals surface area (Å²) in [6.45, 7) is 1.80. The van der Waals surface area contributed by atoms with Crippen molar-refractivity contribution in [2.75, 3.05) is 20.8 Å².